The zero-order chi connectivity index (χ0) is 37.9. The number of guanidine groups is 1. The van der Waals surface area contributed by atoms with E-state index in [9.17, 15) is 45.0 Å². The second-order valence-electron chi connectivity index (χ2n) is 12.4. The van der Waals surface area contributed by atoms with E-state index in [-0.39, 0.29) is 72.0 Å². The van der Waals surface area contributed by atoms with Gasteiger partial charge in [0.05, 0.1) is 31.5 Å². The average molecular weight is 724 g/mol. The van der Waals surface area contributed by atoms with E-state index in [1.54, 1.807) is 12.1 Å². The lowest BCUT2D eigenvalue weighted by atomic mass is 9.78. The molecule has 2 heterocycles. The molecule has 0 bridgehead atoms. The number of rotatable bonds is 13. The van der Waals surface area contributed by atoms with E-state index in [1.807, 2.05) is 0 Å². The number of aliphatic imine (C=N–C) groups is 1. The number of ether oxygens (including phenoxy) is 3. The Morgan fingerprint density at radius 3 is 2.48 bits per heavy atom. The van der Waals surface area contributed by atoms with Crippen LogP contribution in [0.5, 0.6) is 17.2 Å². The van der Waals surface area contributed by atoms with Gasteiger partial charge in [-0.3, -0.25) is 14.6 Å². The van der Waals surface area contributed by atoms with Crippen LogP contribution in [0.15, 0.2) is 35.5 Å². The molecule has 5 atom stereocenters. The first kappa shape index (κ1) is 38.1. The second-order valence-corrected chi connectivity index (χ2v) is 12.4. The molecule has 1 aromatic heterocycles. The summed E-state index contributed by atoms with van der Waals surface area (Å²) in [5, 5.41) is 68.9. The number of aliphatic hydroxyl groups is 5. The highest BCUT2D eigenvalue weighted by molar-refractivity contribution is 6.31. The first-order chi connectivity index (χ1) is 24.8. The summed E-state index contributed by atoms with van der Waals surface area (Å²) in [5.74, 6) is -2.51. The summed E-state index contributed by atoms with van der Waals surface area (Å²) >= 11 is 0. The SMILES string of the molecule is CN=C(N)NCc1c(CCC=O)cc2c(c1O)C(=O)c1c(OC3OC(CO)C(O)(CCc4ccnc(N)c4)C(O)C3O)cc(OC)c(CO)c1C2=O. The Bertz CT molecular complexity index is 1900. The second kappa shape index (κ2) is 15.6. The summed E-state index contributed by atoms with van der Waals surface area (Å²) in [5.41, 5.74) is 9.11. The Morgan fingerprint density at radius 1 is 1.10 bits per heavy atom. The number of phenolic OH excluding ortho intramolecular Hbond substituents is 1. The number of nitrogens with two attached hydrogens (primary N) is 2. The Balaban J connectivity index is 1.57. The standard InChI is InChI=1S/C35H41N5O12/c1-38-34(37)40-13-19-17(4-3-9-41)11-18-26(29(19)45)30(46)27-22(12-21(50-2)20(14-42)25(27)28(18)44)51-33-31(47)32(48)35(49,23(15-43)52-33)7-5-16-6-8-39-24(36)10-16/h6,8-12,23,31-33,42-43,45,47-49H,3-5,7,13-15H2,1-2H3,(H2,36,39)(H3,37,38,40). The molecule has 1 saturated heterocycles. The number of ketones is 2. The molecular weight excluding hydrogens is 682 g/mol. The van der Waals surface area contributed by atoms with Crippen molar-refractivity contribution in [2.75, 3.05) is 26.5 Å². The van der Waals surface area contributed by atoms with Crippen LogP contribution < -0.4 is 26.3 Å². The van der Waals surface area contributed by atoms with Gasteiger partial charge in [0.2, 0.25) is 12.1 Å². The van der Waals surface area contributed by atoms with Crippen molar-refractivity contribution in [3.8, 4) is 17.2 Å². The summed E-state index contributed by atoms with van der Waals surface area (Å²) in [7, 11) is 2.68. The minimum absolute atomic E-state index is 0.0185. The molecule has 1 aliphatic heterocycles. The quantitative estimate of drug-likeness (QED) is 0.0454. The highest BCUT2D eigenvalue weighted by Crippen LogP contribution is 2.45. The highest BCUT2D eigenvalue weighted by atomic mass is 16.7. The fourth-order valence-corrected chi connectivity index (χ4v) is 6.63. The summed E-state index contributed by atoms with van der Waals surface area (Å²) in [6.07, 6.45) is -5.01. The molecule has 3 aromatic rings. The van der Waals surface area contributed by atoms with E-state index in [0.29, 0.717) is 17.4 Å². The number of nitrogens with zero attached hydrogens (tertiary/aromatic N) is 2. The van der Waals surface area contributed by atoms with Gasteiger partial charge in [0, 0.05) is 54.5 Å². The zero-order valence-corrected chi connectivity index (χ0v) is 28.4. The molecule has 5 rings (SSSR count). The minimum Gasteiger partial charge on any atom is -0.507 e. The number of nitrogen functional groups attached to an aromatic ring is 1. The predicted molar refractivity (Wildman–Crippen MR) is 183 cm³/mol. The largest absolute Gasteiger partial charge is 0.507 e. The van der Waals surface area contributed by atoms with Gasteiger partial charge in [-0.2, -0.15) is 0 Å². The summed E-state index contributed by atoms with van der Waals surface area (Å²) in [4.78, 5) is 47.6. The maximum atomic E-state index is 14.4. The highest BCUT2D eigenvalue weighted by Gasteiger charge is 2.55. The van der Waals surface area contributed by atoms with Gasteiger partial charge in [-0.05, 0) is 48.6 Å². The summed E-state index contributed by atoms with van der Waals surface area (Å²) in [6, 6.07) is 5.77. The Morgan fingerprint density at radius 2 is 1.85 bits per heavy atom. The predicted octanol–water partition coefficient (Wildman–Crippen LogP) is -1.01. The molecule has 52 heavy (non-hydrogen) atoms. The van der Waals surface area contributed by atoms with Crippen LogP contribution in [0.25, 0.3) is 0 Å². The van der Waals surface area contributed by atoms with Crippen molar-refractivity contribution in [2.24, 2.45) is 10.7 Å². The molecule has 17 heteroatoms. The zero-order valence-electron chi connectivity index (χ0n) is 28.4. The summed E-state index contributed by atoms with van der Waals surface area (Å²) < 4.78 is 17.2. The van der Waals surface area contributed by atoms with Gasteiger partial charge in [-0.1, -0.05) is 0 Å². The van der Waals surface area contributed by atoms with Gasteiger partial charge in [0.1, 0.15) is 53.3 Å². The van der Waals surface area contributed by atoms with Gasteiger partial charge in [0.25, 0.3) is 0 Å². The molecule has 17 nitrogen and oxygen atoms in total. The number of carbonyl (C=O) groups is 3. The van der Waals surface area contributed by atoms with E-state index in [1.165, 1.54) is 32.5 Å². The molecule has 2 aliphatic rings. The van der Waals surface area contributed by atoms with Crippen LogP contribution >= 0.6 is 0 Å². The number of aromatic nitrogens is 1. The molecule has 2 aromatic carbocycles. The molecule has 5 unspecified atom stereocenters. The number of hydrogen-bond donors (Lipinski definition) is 9. The van der Waals surface area contributed by atoms with Crippen molar-refractivity contribution in [3.63, 3.8) is 0 Å². The maximum absolute atomic E-state index is 14.4. The number of carbonyl (C=O) groups excluding carboxylic acids is 3. The van der Waals surface area contributed by atoms with Crippen LogP contribution in [0, 0.1) is 0 Å². The van der Waals surface area contributed by atoms with Crippen molar-refractivity contribution in [1.82, 2.24) is 10.3 Å². The van der Waals surface area contributed by atoms with Gasteiger partial charge < -0.3 is 66.4 Å². The third-order valence-corrected chi connectivity index (χ3v) is 9.42. The normalized spacial score (nSPS) is 22.8. The number of aldehydes is 1. The van der Waals surface area contributed by atoms with Gasteiger partial charge in [-0.25, -0.2) is 4.98 Å². The van der Waals surface area contributed by atoms with E-state index in [4.69, 9.17) is 25.7 Å². The number of pyridine rings is 1. The molecule has 278 valence electrons. The fourth-order valence-electron chi connectivity index (χ4n) is 6.63. The molecule has 11 N–H and O–H groups in total. The number of hydrogen-bond acceptors (Lipinski definition) is 15. The molecular formula is C35H41N5O12. The van der Waals surface area contributed by atoms with Crippen molar-refractivity contribution >= 4 is 29.6 Å². The van der Waals surface area contributed by atoms with Gasteiger partial charge in [0.15, 0.2) is 11.7 Å². The molecule has 0 spiro atoms. The van der Waals surface area contributed by atoms with Crippen LogP contribution in [-0.4, -0.2) is 110 Å². The van der Waals surface area contributed by atoms with E-state index >= 15 is 0 Å². The number of anilines is 1. The van der Waals surface area contributed by atoms with Gasteiger partial charge >= 0.3 is 0 Å². The van der Waals surface area contributed by atoms with Crippen molar-refractivity contribution in [1.29, 1.82) is 0 Å². The Labute approximate surface area is 297 Å². The third-order valence-electron chi connectivity index (χ3n) is 9.42. The minimum atomic E-state index is -2.18. The molecule has 1 fully saturated rings. The number of benzene rings is 2. The number of nitrogens with one attached hydrogen (secondary N) is 1. The smallest absolute Gasteiger partial charge is 0.229 e. The van der Waals surface area contributed by atoms with E-state index < -0.39 is 77.6 Å². The van der Waals surface area contributed by atoms with Crippen LogP contribution in [0.1, 0.15) is 66.9 Å². The van der Waals surface area contributed by atoms with E-state index in [2.05, 4.69) is 15.3 Å². The van der Waals surface area contributed by atoms with Crippen LogP contribution in [0.2, 0.25) is 0 Å². The number of aliphatic hydroxyl groups excluding tert-OH is 4. The van der Waals surface area contributed by atoms with E-state index in [0.717, 1.165) is 0 Å². The number of methoxy groups -OCH3 is 1. The first-order valence-electron chi connectivity index (χ1n) is 16.3. The lowest BCUT2D eigenvalue weighted by Crippen LogP contribution is -2.68. The van der Waals surface area contributed by atoms with Crippen LogP contribution in [0.4, 0.5) is 5.82 Å². The number of fused-ring (bicyclic) bond motifs is 2. The van der Waals surface area contributed by atoms with Crippen molar-refractivity contribution < 1.29 is 59.2 Å². The average Bonchev–Trinajstić information content (AvgIpc) is 3.14. The first-order valence-corrected chi connectivity index (χ1v) is 16.3. The summed E-state index contributed by atoms with van der Waals surface area (Å²) in [6.45, 7) is -1.71. The van der Waals surface area contributed by atoms with Crippen LogP contribution in [0.3, 0.4) is 0 Å². The molecule has 1 aliphatic carbocycles. The molecule has 0 saturated carbocycles. The topological polar surface area (TPSA) is 290 Å². The maximum Gasteiger partial charge on any atom is 0.229 e. The van der Waals surface area contributed by atoms with Crippen molar-refractivity contribution in [2.45, 2.75) is 69.0 Å². The third kappa shape index (κ3) is 6.89. The van der Waals surface area contributed by atoms with Gasteiger partial charge in [-0.15, -0.1) is 0 Å². The number of aryl methyl sites for hydroxylation is 2. The lowest BCUT2D eigenvalue weighted by molar-refractivity contribution is -0.314. The van der Waals surface area contributed by atoms with Crippen molar-refractivity contribution in [3.05, 3.63) is 75.0 Å². The fraction of sp³-hybridized carbons (Fsp3) is 0.400. The molecule has 0 radical (unpaired) electrons. The molecule has 0 amide bonds. The van der Waals surface area contributed by atoms with Crippen LogP contribution in [-0.2, 0) is 35.5 Å². The monoisotopic (exact) mass is 723 g/mol. The Kier molecular flexibility index (Phi) is 11.4. The Hall–Kier alpha value is -5.17. The lowest BCUT2D eigenvalue weighted by Gasteiger charge is -2.48. The number of phenols is 1. The number of aromatic hydroxyl groups is 1.